The Morgan fingerprint density at radius 1 is 1.50 bits per heavy atom. The lowest BCUT2D eigenvalue weighted by atomic mass is 10.1. The van der Waals surface area contributed by atoms with E-state index in [2.05, 4.69) is 15.9 Å². The number of hydrogen-bond acceptors (Lipinski definition) is 3. The number of hydrogen-bond donors (Lipinski definition) is 1. The Bertz CT molecular complexity index is 426. The fourth-order valence-corrected chi connectivity index (χ4v) is 2.44. The predicted octanol–water partition coefficient (Wildman–Crippen LogP) is 2.28. The highest BCUT2D eigenvalue weighted by Crippen LogP contribution is 2.29. The zero-order chi connectivity index (χ0) is 13.1. The molecule has 1 saturated carbocycles. The molecule has 0 aromatic heterocycles. The molecule has 0 bridgehead atoms. The van der Waals surface area contributed by atoms with Crippen LogP contribution >= 0.6 is 15.9 Å². The van der Waals surface area contributed by atoms with E-state index in [-0.39, 0.29) is 5.91 Å². The summed E-state index contributed by atoms with van der Waals surface area (Å²) in [6.07, 6.45) is 2.16. The molecule has 0 spiro atoms. The molecule has 0 heterocycles. The van der Waals surface area contributed by atoms with E-state index in [0.29, 0.717) is 30.4 Å². The van der Waals surface area contributed by atoms with Crippen LogP contribution in [0.5, 0.6) is 0 Å². The second-order valence-electron chi connectivity index (χ2n) is 4.50. The van der Waals surface area contributed by atoms with Gasteiger partial charge in [0.15, 0.2) is 0 Å². The molecule has 0 atom stereocenters. The van der Waals surface area contributed by atoms with Crippen molar-refractivity contribution in [1.82, 2.24) is 4.90 Å². The molecule has 5 heteroatoms. The summed E-state index contributed by atoms with van der Waals surface area (Å²) in [5.41, 5.74) is 6.99. The van der Waals surface area contributed by atoms with Gasteiger partial charge in [0.1, 0.15) is 0 Å². The maximum atomic E-state index is 12.4. The van der Waals surface area contributed by atoms with E-state index < -0.39 is 0 Å². The van der Waals surface area contributed by atoms with Crippen LogP contribution in [0.2, 0.25) is 0 Å². The molecule has 1 aromatic rings. The third-order valence-electron chi connectivity index (χ3n) is 2.95. The van der Waals surface area contributed by atoms with Gasteiger partial charge in [-0.3, -0.25) is 4.79 Å². The van der Waals surface area contributed by atoms with Gasteiger partial charge in [-0.25, -0.2) is 0 Å². The van der Waals surface area contributed by atoms with Crippen molar-refractivity contribution in [1.29, 1.82) is 0 Å². The Morgan fingerprint density at radius 2 is 2.22 bits per heavy atom. The van der Waals surface area contributed by atoms with Crippen LogP contribution in [-0.4, -0.2) is 37.1 Å². The van der Waals surface area contributed by atoms with Gasteiger partial charge in [-0.1, -0.05) is 15.9 Å². The van der Waals surface area contributed by atoms with E-state index in [1.165, 1.54) is 0 Å². The number of halogens is 1. The summed E-state index contributed by atoms with van der Waals surface area (Å²) in [6, 6.07) is 5.68. The minimum absolute atomic E-state index is 0.0301. The molecule has 1 aromatic carbocycles. The summed E-state index contributed by atoms with van der Waals surface area (Å²) in [5, 5.41) is 0. The van der Waals surface area contributed by atoms with Gasteiger partial charge < -0.3 is 15.4 Å². The standard InChI is InChI=1S/C13H17BrN2O2/c1-18-5-4-16(12-2-3-12)13(17)9-6-10(14)8-11(15)7-9/h6-8,12H,2-5,15H2,1H3. The van der Waals surface area contributed by atoms with E-state index in [0.717, 1.165) is 17.3 Å². The Labute approximate surface area is 115 Å². The lowest BCUT2D eigenvalue weighted by Crippen LogP contribution is -2.35. The fraction of sp³-hybridized carbons (Fsp3) is 0.462. The second-order valence-corrected chi connectivity index (χ2v) is 5.41. The molecule has 0 saturated heterocycles. The number of nitrogens with zero attached hydrogens (tertiary/aromatic N) is 1. The molecule has 1 fully saturated rings. The second kappa shape index (κ2) is 5.71. The van der Waals surface area contributed by atoms with E-state index in [9.17, 15) is 4.79 Å². The molecule has 1 aliphatic rings. The quantitative estimate of drug-likeness (QED) is 0.849. The molecule has 4 nitrogen and oxygen atoms in total. The van der Waals surface area contributed by atoms with Gasteiger partial charge in [-0.05, 0) is 31.0 Å². The Morgan fingerprint density at radius 3 is 2.78 bits per heavy atom. The SMILES string of the molecule is COCCN(C(=O)c1cc(N)cc(Br)c1)C1CC1. The van der Waals surface area contributed by atoms with Crippen molar-refractivity contribution in [3.05, 3.63) is 28.2 Å². The predicted molar refractivity (Wildman–Crippen MR) is 74.5 cm³/mol. The Balaban J connectivity index is 2.16. The zero-order valence-electron chi connectivity index (χ0n) is 10.4. The van der Waals surface area contributed by atoms with Crippen molar-refractivity contribution < 1.29 is 9.53 Å². The summed E-state index contributed by atoms with van der Waals surface area (Å²) in [5.74, 6) is 0.0301. The summed E-state index contributed by atoms with van der Waals surface area (Å²) in [6.45, 7) is 1.19. The van der Waals surface area contributed by atoms with Crippen LogP contribution in [0.4, 0.5) is 5.69 Å². The maximum Gasteiger partial charge on any atom is 0.254 e. The van der Waals surface area contributed by atoms with E-state index in [1.54, 1.807) is 25.3 Å². The number of ether oxygens (including phenoxy) is 1. The first-order chi connectivity index (χ1) is 8.61. The molecular formula is C13H17BrN2O2. The Kier molecular flexibility index (Phi) is 4.24. The first kappa shape index (κ1) is 13.4. The number of rotatable bonds is 5. The van der Waals surface area contributed by atoms with Crippen molar-refractivity contribution in [3.8, 4) is 0 Å². The van der Waals surface area contributed by atoms with Crippen LogP contribution in [0.1, 0.15) is 23.2 Å². The summed E-state index contributed by atoms with van der Waals surface area (Å²) < 4.78 is 5.88. The number of methoxy groups -OCH3 is 1. The smallest absolute Gasteiger partial charge is 0.254 e. The average Bonchev–Trinajstić information content (AvgIpc) is 3.12. The van der Waals surface area contributed by atoms with Crippen LogP contribution in [-0.2, 0) is 4.74 Å². The molecule has 1 amide bonds. The summed E-state index contributed by atoms with van der Waals surface area (Å²) in [7, 11) is 1.65. The van der Waals surface area contributed by atoms with Gasteiger partial charge in [-0.15, -0.1) is 0 Å². The van der Waals surface area contributed by atoms with E-state index in [4.69, 9.17) is 10.5 Å². The molecule has 18 heavy (non-hydrogen) atoms. The first-order valence-corrected chi connectivity index (χ1v) is 6.77. The number of benzene rings is 1. The van der Waals surface area contributed by atoms with Gasteiger partial charge in [0.2, 0.25) is 0 Å². The Hall–Kier alpha value is -1.07. The molecule has 98 valence electrons. The molecule has 0 aliphatic heterocycles. The highest BCUT2D eigenvalue weighted by Gasteiger charge is 2.32. The van der Waals surface area contributed by atoms with Crippen molar-refractivity contribution >= 4 is 27.5 Å². The van der Waals surface area contributed by atoms with Crippen molar-refractivity contribution in [2.75, 3.05) is 26.0 Å². The van der Waals surface area contributed by atoms with Gasteiger partial charge in [-0.2, -0.15) is 0 Å². The first-order valence-electron chi connectivity index (χ1n) is 5.98. The van der Waals surface area contributed by atoms with Crippen LogP contribution in [0.3, 0.4) is 0 Å². The monoisotopic (exact) mass is 312 g/mol. The fourth-order valence-electron chi connectivity index (χ4n) is 1.93. The van der Waals surface area contributed by atoms with Crippen molar-refractivity contribution in [2.45, 2.75) is 18.9 Å². The minimum atomic E-state index is 0.0301. The van der Waals surface area contributed by atoms with Gasteiger partial charge >= 0.3 is 0 Å². The number of carbonyl (C=O) groups excluding carboxylic acids is 1. The topological polar surface area (TPSA) is 55.6 Å². The number of amides is 1. The minimum Gasteiger partial charge on any atom is -0.399 e. The molecule has 2 rings (SSSR count). The van der Waals surface area contributed by atoms with Crippen LogP contribution < -0.4 is 5.73 Å². The third kappa shape index (κ3) is 3.23. The highest BCUT2D eigenvalue weighted by atomic mass is 79.9. The van der Waals surface area contributed by atoms with Gasteiger partial charge in [0.25, 0.3) is 5.91 Å². The van der Waals surface area contributed by atoms with E-state index >= 15 is 0 Å². The van der Waals surface area contributed by atoms with Crippen LogP contribution in [0.15, 0.2) is 22.7 Å². The number of nitrogen functional groups attached to an aromatic ring is 1. The lowest BCUT2D eigenvalue weighted by Gasteiger charge is -2.22. The van der Waals surface area contributed by atoms with Crippen LogP contribution in [0, 0.1) is 0 Å². The largest absolute Gasteiger partial charge is 0.399 e. The number of carbonyl (C=O) groups is 1. The molecule has 2 N–H and O–H groups in total. The van der Waals surface area contributed by atoms with Crippen molar-refractivity contribution in [3.63, 3.8) is 0 Å². The maximum absolute atomic E-state index is 12.4. The van der Waals surface area contributed by atoms with Crippen molar-refractivity contribution in [2.24, 2.45) is 0 Å². The molecule has 1 aliphatic carbocycles. The lowest BCUT2D eigenvalue weighted by molar-refractivity contribution is 0.0680. The number of anilines is 1. The molecule has 0 unspecified atom stereocenters. The summed E-state index contributed by atoms with van der Waals surface area (Å²) >= 11 is 3.36. The van der Waals surface area contributed by atoms with E-state index in [1.807, 2.05) is 4.90 Å². The summed E-state index contributed by atoms with van der Waals surface area (Å²) in [4.78, 5) is 14.3. The highest BCUT2D eigenvalue weighted by molar-refractivity contribution is 9.10. The normalized spacial score (nSPS) is 14.6. The number of nitrogens with two attached hydrogens (primary N) is 1. The van der Waals surface area contributed by atoms with Crippen LogP contribution in [0.25, 0.3) is 0 Å². The van der Waals surface area contributed by atoms with Gasteiger partial charge in [0, 0.05) is 35.4 Å². The average molecular weight is 313 g/mol. The molecular weight excluding hydrogens is 296 g/mol. The van der Waals surface area contributed by atoms with Gasteiger partial charge in [0.05, 0.1) is 6.61 Å². The molecule has 0 radical (unpaired) electrons. The zero-order valence-corrected chi connectivity index (χ0v) is 11.9. The third-order valence-corrected chi connectivity index (χ3v) is 3.41.